The molecule has 0 radical (unpaired) electrons. The van der Waals surface area contributed by atoms with Gasteiger partial charge >= 0.3 is 0 Å². The zero-order valence-corrected chi connectivity index (χ0v) is 12.8. The lowest BCUT2D eigenvalue weighted by Crippen LogP contribution is -2.52. The summed E-state index contributed by atoms with van der Waals surface area (Å²) in [6.45, 7) is 0.0946. The number of benzene rings is 1. The van der Waals surface area contributed by atoms with E-state index in [1.54, 1.807) is 13.2 Å². The van der Waals surface area contributed by atoms with Gasteiger partial charge in [0.1, 0.15) is 6.10 Å². The lowest BCUT2D eigenvalue weighted by molar-refractivity contribution is 0.0540. The van der Waals surface area contributed by atoms with Gasteiger partial charge in [-0.3, -0.25) is 0 Å². The van der Waals surface area contributed by atoms with Gasteiger partial charge in [0.05, 0.1) is 20.3 Å². The van der Waals surface area contributed by atoms with E-state index in [1.165, 1.54) is 0 Å². The van der Waals surface area contributed by atoms with Crippen molar-refractivity contribution in [3.63, 3.8) is 0 Å². The maximum Gasteiger partial charge on any atom is 0.161 e. The van der Waals surface area contributed by atoms with Gasteiger partial charge in [-0.1, -0.05) is 6.07 Å². The molecule has 1 aliphatic rings. The van der Waals surface area contributed by atoms with Crippen molar-refractivity contribution >= 4 is 0 Å². The number of rotatable bonds is 6. The molecule has 0 amide bonds. The van der Waals surface area contributed by atoms with Crippen LogP contribution in [0.4, 0.5) is 0 Å². The van der Waals surface area contributed by atoms with Gasteiger partial charge < -0.3 is 25.0 Å². The van der Waals surface area contributed by atoms with Crippen molar-refractivity contribution in [2.24, 2.45) is 0 Å². The zero-order valence-electron chi connectivity index (χ0n) is 12.8. The average Bonchev–Trinajstić information content (AvgIpc) is 2.55. The molecule has 1 saturated carbocycles. The Morgan fingerprint density at radius 2 is 2.14 bits per heavy atom. The Labute approximate surface area is 125 Å². The molecule has 1 aromatic carbocycles. The van der Waals surface area contributed by atoms with Gasteiger partial charge in [-0.2, -0.15) is 0 Å². The highest BCUT2D eigenvalue weighted by Gasteiger charge is 2.35. The Kier molecular flexibility index (Phi) is 5.45. The molecule has 1 aliphatic carbocycles. The van der Waals surface area contributed by atoms with E-state index in [1.807, 2.05) is 19.2 Å². The van der Waals surface area contributed by atoms with Crippen molar-refractivity contribution in [1.82, 2.24) is 5.32 Å². The first-order valence-electron chi connectivity index (χ1n) is 7.40. The van der Waals surface area contributed by atoms with Crippen LogP contribution in [0.15, 0.2) is 18.2 Å². The molecule has 2 unspecified atom stereocenters. The molecule has 118 valence electrons. The lowest BCUT2D eigenvalue weighted by Gasteiger charge is -2.39. The Hall–Kier alpha value is -1.30. The van der Waals surface area contributed by atoms with Crippen molar-refractivity contribution in [2.45, 2.75) is 43.9 Å². The number of nitrogens with one attached hydrogen (secondary N) is 1. The molecule has 2 rings (SSSR count). The second-order valence-corrected chi connectivity index (χ2v) is 5.67. The third-order valence-electron chi connectivity index (χ3n) is 4.34. The Morgan fingerprint density at radius 1 is 1.33 bits per heavy atom. The minimum Gasteiger partial charge on any atom is -0.493 e. The van der Waals surface area contributed by atoms with Crippen LogP contribution in [0, 0.1) is 0 Å². The predicted octanol–water partition coefficient (Wildman–Crippen LogP) is 1.46. The summed E-state index contributed by atoms with van der Waals surface area (Å²) < 4.78 is 11.4. The maximum absolute atomic E-state index is 9.62. The highest BCUT2D eigenvalue weighted by atomic mass is 16.5. The summed E-state index contributed by atoms with van der Waals surface area (Å²) in [4.78, 5) is 0. The van der Waals surface area contributed by atoms with Crippen LogP contribution >= 0.6 is 0 Å². The van der Waals surface area contributed by atoms with Crippen molar-refractivity contribution in [3.05, 3.63) is 23.8 Å². The summed E-state index contributed by atoms with van der Waals surface area (Å²) in [5, 5.41) is 22.0. The SMILES string of the molecule is CNC1(CO)CCCC(Oc2ccc(CO)cc2OC)C1. The van der Waals surface area contributed by atoms with Gasteiger partial charge in [0.15, 0.2) is 11.5 Å². The van der Waals surface area contributed by atoms with Crippen molar-refractivity contribution in [3.8, 4) is 11.5 Å². The monoisotopic (exact) mass is 295 g/mol. The van der Waals surface area contributed by atoms with Crippen LogP contribution in [-0.2, 0) is 6.61 Å². The third-order valence-corrected chi connectivity index (χ3v) is 4.34. The van der Waals surface area contributed by atoms with E-state index in [9.17, 15) is 5.11 Å². The Morgan fingerprint density at radius 3 is 2.76 bits per heavy atom. The Balaban J connectivity index is 2.10. The molecular weight excluding hydrogens is 270 g/mol. The smallest absolute Gasteiger partial charge is 0.161 e. The summed E-state index contributed by atoms with van der Waals surface area (Å²) in [5.41, 5.74) is 0.545. The fraction of sp³-hybridized carbons (Fsp3) is 0.625. The van der Waals surface area contributed by atoms with Crippen LogP contribution in [-0.4, -0.2) is 42.6 Å². The van der Waals surface area contributed by atoms with Crippen molar-refractivity contribution < 1.29 is 19.7 Å². The number of hydrogen-bond acceptors (Lipinski definition) is 5. The van der Waals surface area contributed by atoms with E-state index in [2.05, 4.69) is 5.32 Å². The topological polar surface area (TPSA) is 71.0 Å². The second kappa shape index (κ2) is 7.11. The molecule has 2 atom stereocenters. The van der Waals surface area contributed by atoms with Gasteiger partial charge in [0.25, 0.3) is 0 Å². The lowest BCUT2D eigenvalue weighted by atomic mass is 9.80. The average molecular weight is 295 g/mol. The fourth-order valence-corrected chi connectivity index (χ4v) is 2.95. The quantitative estimate of drug-likeness (QED) is 0.741. The number of aliphatic hydroxyl groups is 2. The number of likely N-dealkylation sites (N-methyl/N-ethyl adjacent to an activating group) is 1. The van der Waals surface area contributed by atoms with Gasteiger partial charge in [0, 0.05) is 12.0 Å². The van der Waals surface area contributed by atoms with Crippen LogP contribution < -0.4 is 14.8 Å². The molecule has 0 saturated heterocycles. The van der Waals surface area contributed by atoms with Gasteiger partial charge in [0.2, 0.25) is 0 Å². The van der Waals surface area contributed by atoms with Crippen molar-refractivity contribution in [1.29, 1.82) is 0 Å². The molecular formula is C16H25NO4. The number of ether oxygens (including phenoxy) is 2. The number of aliphatic hydroxyl groups excluding tert-OH is 2. The van der Waals surface area contributed by atoms with E-state index in [-0.39, 0.29) is 24.9 Å². The highest BCUT2D eigenvalue weighted by molar-refractivity contribution is 5.43. The molecule has 0 spiro atoms. The highest BCUT2D eigenvalue weighted by Crippen LogP contribution is 2.34. The number of hydrogen-bond donors (Lipinski definition) is 3. The minimum absolute atomic E-state index is 0.0204. The van der Waals surface area contributed by atoms with E-state index in [4.69, 9.17) is 14.6 Å². The van der Waals surface area contributed by atoms with Crippen LogP contribution in [0.1, 0.15) is 31.2 Å². The number of methoxy groups -OCH3 is 1. The van der Waals surface area contributed by atoms with Crippen LogP contribution in [0.3, 0.4) is 0 Å². The van der Waals surface area contributed by atoms with E-state index < -0.39 is 0 Å². The summed E-state index contributed by atoms with van der Waals surface area (Å²) >= 11 is 0. The first-order chi connectivity index (χ1) is 10.2. The third kappa shape index (κ3) is 3.67. The summed E-state index contributed by atoms with van der Waals surface area (Å²) in [6, 6.07) is 5.45. The van der Waals surface area contributed by atoms with Crippen LogP contribution in [0.2, 0.25) is 0 Å². The second-order valence-electron chi connectivity index (χ2n) is 5.67. The molecule has 0 aromatic heterocycles. The fourth-order valence-electron chi connectivity index (χ4n) is 2.95. The van der Waals surface area contributed by atoms with E-state index in [0.717, 1.165) is 31.2 Å². The van der Waals surface area contributed by atoms with E-state index in [0.29, 0.717) is 11.5 Å². The maximum atomic E-state index is 9.62. The zero-order chi connectivity index (χ0) is 15.3. The summed E-state index contributed by atoms with van der Waals surface area (Å²) in [5.74, 6) is 1.32. The minimum atomic E-state index is -0.249. The van der Waals surface area contributed by atoms with Gasteiger partial charge in [-0.05, 0) is 44.0 Å². The van der Waals surface area contributed by atoms with Gasteiger partial charge in [-0.25, -0.2) is 0 Å². The normalized spacial score (nSPS) is 25.6. The largest absolute Gasteiger partial charge is 0.493 e. The molecule has 0 heterocycles. The molecule has 0 bridgehead atoms. The summed E-state index contributed by atoms with van der Waals surface area (Å²) in [6.07, 6.45) is 3.76. The van der Waals surface area contributed by atoms with Crippen molar-refractivity contribution in [2.75, 3.05) is 20.8 Å². The predicted molar refractivity (Wildman–Crippen MR) is 80.7 cm³/mol. The Bertz CT molecular complexity index is 460. The van der Waals surface area contributed by atoms with E-state index >= 15 is 0 Å². The molecule has 3 N–H and O–H groups in total. The standard InChI is InChI=1S/C16H25NO4/c1-17-16(11-19)7-3-4-13(9-16)21-14-6-5-12(10-18)8-15(14)20-2/h5-6,8,13,17-19H,3-4,7,9-11H2,1-2H3. The molecule has 1 aromatic rings. The first-order valence-corrected chi connectivity index (χ1v) is 7.40. The molecule has 21 heavy (non-hydrogen) atoms. The molecule has 5 nitrogen and oxygen atoms in total. The first kappa shape index (κ1) is 16.1. The molecule has 0 aliphatic heterocycles. The van der Waals surface area contributed by atoms with Crippen LogP contribution in [0.25, 0.3) is 0 Å². The summed E-state index contributed by atoms with van der Waals surface area (Å²) in [7, 11) is 3.48. The van der Waals surface area contributed by atoms with Gasteiger partial charge in [-0.15, -0.1) is 0 Å². The molecule has 1 fully saturated rings. The van der Waals surface area contributed by atoms with Crippen LogP contribution in [0.5, 0.6) is 11.5 Å². The molecule has 5 heteroatoms.